The largest absolute Gasteiger partial charge is 0.416 e. The molecule has 0 aliphatic heterocycles. The Hall–Kier alpha value is -1.75. The Balaban J connectivity index is 2.13. The quantitative estimate of drug-likeness (QED) is 0.719. The molecule has 0 saturated heterocycles. The molecule has 1 atom stereocenters. The van der Waals surface area contributed by atoms with Crippen LogP contribution >= 0.6 is 11.6 Å². The van der Waals surface area contributed by atoms with E-state index in [0.29, 0.717) is 11.3 Å². The van der Waals surface area contributed by atoms with Crippen LogP contribution in [0.2, 0.25) is 5.02 Å². The first-order chi connectivity index (χ1) is 9.77. The van der Waals surface area contributed by atoms with Crippen LogP contribution in [0.5, 0.6) is 0 Å². The third-order valence-electron chi connectivity index (χ3n) is 3.04. The van der Waals surface area contributed by atoms with Crippen LogP contribution < -0.4 is 5.32 Å². The molecule has 1 nitrogen and oxygen atoms in total. The molecule has 0 heterocycles. The summed E-state index contributed by atoms with van der Waals surface area (Å²) in [5.41, 5.74) is 0.471. The Morgan fingerprint density at radius 2 is 1.67 bits per heavy atom. The van der Waals surface area contributed by atoms with Gasteiger partial charge in [-0.3, -0.25) is 0 Å². The van der Waals surface area contributed by atoms with Crippen molar-refractivity contribution in [3.05, 3.63) is 64.4 Å². The maximum absolute atomic E-state index is 13.3. The van der Waals surface area contributed by atoms with Gasteiger partial charge in [-0.1, -0.05) is 23.7 Å². The highest BCUT2D eigenvalue weighted by Gasteiger charge is 2.30. The topological polar surface area (TPSA) is 12.0 Å². The van der Waals surface area contributed by atoms with Gasteiger partial charge in [-0.25, -0.2) is 4.39 Å². The third kappa shape index (κ3) is 3.88. The number of halogens is 5. The maximum Gasteiger partial charge on any atom is 0.416 e. The highest BCUT2D eigenvalue weighted by Crippen LogP contribution is 2.30. The van der Waals surface area contributed by atoms with Gasteiger partial charge in [0.1, 0.15) is 5.82 Å². The number of anilines is 1. The van der Waals surface area contributed by atoms with Crippen molar-refractivity contribution in [2.24, 2.45) is 0 Å². The van der Waals surface area contributed by atoms with Gasteiger partial charge in [-0.05, 0) is 42.8 Å². The van der Waals surface area contributed by atoms with Crippen LogP contribution in [0.4, 0.5) is 23.2 Å². The Kier molecular flexibility index (Phi) is 4.42. The number of hydrogen-bond acceptors (Lipinski definition) is 1. The molecule has 0 saturated carbocycles. The van der Waals surface area contributed by atoms with Crippen LogP contribution in [0.3, 0.4) is 0 Å². The molecule has 112 valence electrons. The van der Waals surface area contributed by atoms with Crippen molar-refractivity contribution in [2.45, 2.75) is 19.1 Å². The summed E-state index contributed by atoms with van der Waals surface area (Å²) < 4.78 is 50.8. The standard InChI is InChI=1S/C15H12ClF4N/c1-9(21-12-6-7-13(16)14(17)8-12)10-2-4-11(5-3-10)15(18,19)20/h2-9,21H,1H3. The Labute approximate surface area is 124 Å². The Morgan fingerprint density at radius 1 is 1.05 bits per heavy atom. The van der Waals surface area contributed by atoms with Gasteiger partial charge in [0.05, 0.1) is 10.6 Å². The maximum atomic E-state index is 13.3. The van der Waals surface area contributed by atoms with E-state index in [4.69, 9.17) is 11.6 Å². The van der Waals surface area contributed by atoms with E-state index in [2.05, 4.69) is 5.32 Å². The number of benzene rings is 2. The molecule has 0 aliphatic carbocycles. The lowest BCUT2D eigenvalue weighted by Gasteiger charge is -2.17. The molecule has 21 heavy (non-hydrogen) atoms. The zero-order chi connectivity index (χ0) is 15.6. The Morgan fingerprint density at radius 3 is 2.19 bits per heavy atom. The minimum atomic E-state index is -4.35. The van der Waals surface area contributed by atoms with Gasteiger partial charge in [0, 0.05) is 11.7 Å². The predicted molar refractivity (Wildman–Crippen MR) is 74.9 cm³/mol. The van der Waals surface area contributed by atoms with Crippen LogP contribution in [-0.4, -0.2) is 0 Å². The van der Waals surface area contributed by atoms with Crippen molar-refractivity contribution in [2.75, 3.05) is 5.32 Å². The van der Waals surface area contributed by atoms with Crippen LogP contribution in [-0.2, 0) is 6.18 Å². The first kappa shape index (κ1) is 15.6. The van der Waals surface area contributed by atoms with Gasteiger partial charge >= 0.3 is 6.18 Å². The van der Waals surface area contributed by atoms with Crippen molar-refractivity contribution >= 4 is 17.3 Å². The van der Waals surface area contributed by atoms with E-state index in [1.807, 2.05) is 0 Å². The summed E-state index contributed by atoms with van der Waals surface area (Å²) >= 11 is 5.59. The van der Waals surface area contributed by atoms with Gasteiger partial charge in [0.2, 0.25) is 0 Å². The second-order valence-corrected chi connectivity index (χ2v) is 5.02. The van der Waals surface area contributed by atoms with E-state index >= 15 is 0 Å². The molecule has 2 aromatic rings. The summed E-state index contributed by atoms with van der Waals surface area (Å²) in [6.07, 6.45) is -4.35. The average Bonchev–Trinajstić information content (AvgIpc) is 2.42. The van der Waals surface area contributed by atoms with Crippen molar-refractivity contribution in [1.82, 2.24) is 0 Å². The first-order valence-electron chi connectivity index (χ1n) is 6.16. The second-order valence-electron chi connectivity index (χ2n) is 4.61. The molecular formula is C15H12ClF4N. The zero-order valence-electron chi connectivity index (χ0n) is 11.0. The molecule has 1 N–H and O–H groups in total. The minimum Gasteiger partial charge on any atom is -0.378 e. The SMILES string of the molecule is CC(Nc1ccc(Cl)c(F)c1)c1ccc(C(F)(F)F)cc1. The fraction of sp³-hybridized carbons (Fsp3) is 0.200. The van der Waals surface area contributed by atoms with Crippen molar-refractivity contribution in [3.8, 4) is 0 Å². The van der Waals surface area contributed by atoms with Gasteiger partial charge in [0.15, 0.2) is 0 Å². The summed E-state index contributed by atoms with van der Waals surface area (Å²) in [5, 5.41) is 3.02. The lowest BCUT2D eigenvalue weighted by molar-refractivity contribution is -0.137. The van der Waals surface area contributed by atoms with Crippen LogP contribution in [0.25, 0.3) is 0 Å². The van der Waals surface area contributed by atoms with Crippen LogP contribution in [0.15, 0.2) is 42.5 Å². The summed E-state index contributed by atoms with van der Waals surface area (Å²) in [6, 6.07) is 8.83. The Bertz CT molecular complexity index is 623. The van der Waals surface area contributed by atoms with Crippen LogP contribution in [0, 0.1) is 5.82 Å². The van der Waals surface area contributed by atoms with Gasteiger partial charge < -0.3 is 5.32 Å². The normalized spacial score (nSPS) is 13.0. The molecule has 6 heteroatoms. The molecule has 2 rings (SSSR count). The van der Waals surface area contributed by atoms with Crippen molar-refractivity contribution in [1.29, 1.82) is 0 Å². The predicted octanol–water partition coefficient (Wildman–Crippen LogP) is 5.67. The number of rotatable bonds is 3. The number of alkyl halides is 3. The van der Waals surface area contributed by atoms with E-state index < -0.39 is 17.6 Å². The second kappa shape index (κ2) is 5.93. The van der Waals surface area contributed by atoms with Crippen LogP contribution in [0.1, 0.15) is 24.1 Å². The van der Waals surface area contributed by atoms with E-state index in [0.717, 1.165) is 12.1 Å². The third-order valence-corrected chi connectivity index (χ3v) is 3.35. The van der Waals surface area contributed by atoms with E-state index in [-0.39, 0.29) is 11.1 Å². The average molecular weight is 318 g/mol. The molecular weight excluding hydrogens is 306 g/mol. The van der Waals surface area contributed by atoms with Crippen molar-refractivity contribution in [3.63, 3.8) is 0 Å². The molecule has 0 spiro atoms. The molecule has 0 bridgehead atoms. The lowest BCUT2D eigenvalue weighted by Crippen LogP contribution is -2.09. The summed E-state index contributed by atoms with van der Waals surface area (Å²) in [4.78, 5) is 0. The van der Waals surface area contributed by atoms with Gasteiger partial charge in [-0.2, -0.15) is 13.2 Å². The molecule has 0 aromatic heterocycles. The zero-order valence-corrected chi connectivity index (χ0v) is 11.8. The van der Waals surface area contributed by atoms with E-state index in [1.165, 1.54) is 24.3 Å². The highest BCUT2D eigenvalue weighted by atomic mass is 35.5. The molecule has 0 amide bonds. The van der Waals surface area contributed by atoms with E-state index in [1.54, 1.807) is 13.0 Å². The number of nitrogens with one attached hydrogen (secondary N) is 1. The highest BCUT2D eigenvalue weighted by molar-refractivity contribution is 6.30. The summed E-state index contributed by atoms with van der Waals surface area (Å²) in [7, 11) is 0. The lowest BCUT2D eigenvalue weighted by atomic mass is 10.1. The molecule has 0 radical (unpaired) electrons. The molecule has 0 fully saturated rings. The fourth-order valence-corrected chi connectivity index (χ4v) is 2.00. The summed E-state index contributed by atoms with van der Waals surface area (Å²) in [5.74, 6) is -0.554. The first-order valence-corrected chi connectivity index (χ1v) is 6.54. The number of hydrogen-bond donors (Lipinski definition) is 1. The van der Waals surface area contributed by atoms with Gasteiger partial charge in [-0.15, -0.1) is 0 Å². The molecule has 2 aromatic carbocycles. The molecule has 1 unspecified atom stereocenters. The van der Waals surface area contributed by atoms with Gasteiger partial charge in [0.25, 0.3) is 0 Å². The smallest absolute Gasteiger partial charge is 0.378 e. The van der Waals surface area contributed by atoms with Crippen molar-refractivity contribution < 1.29 is 17.6 Å². The molecule has 0 aliphatic rings. The fourth-order valence-electron chi connectivity index (χ4n) is 1.88. The monoisotopic (exact) mass is 317 g/mol. The summed E-state index contributed by atoms with van der Waals surface area (Å²) in [6.45, 7) is 1.77. The minimum absolute atomic E-state index is 0.0164. The van der Waals surface area contributed by atoms with E-state index in [9.17, 15) is 17.6 Å².